The van der Waals surface area contributed by atoms with Crippen LogP contribution >= 0.6 is 0 Å². The van der Waals surface area contributed by atoms with E-state index < -0.39 is 93.2 Å². The van der Waals surface area contributed by atoms with Crippen molar-refractivity contribution in [2.75, 3.05) is 19.8 Å². The highest BCUT2D eigenvalue weighted by molar-refractivity contribution is 6.31. The highest BCUT2D eigenvalue weighted by Gasteiger charge is 2.41. The Balaban J connectivity index is 0.000000177. The van der Waals surface area contributed by atoms with Gasteiger partial charge in [0.25, 0.3) is 0 Å². The Hall–Kier alpha value is -10.2. The summed E-state index contributed by atoms with van der Waals surface area (Å²) in [5.74, 6) is -9.33. The molecule has 1 saturated heterocycles. The minimum Gasteiger partial charge on any atom is -0.508 e. The van der Waals surface area contributed by atoms with E-state index in [0.717, 1.165) is 67.0 Å². The Morgan fingerprint density at radius 1 is 0.568 bits per heavy atom. The van der Waals surface area contributed by atoms with Gasteiger partial charge in [0.1, 0.15) is 80.9 Å². The first-order chi connectivity index (χ1) is 44.9. The number of aliphatic hydroxyl groups is 5. The van der Waals surface area contributed by atoms with Gasteiger partial charge in [-0.1, -0.05) is 26.7 Å². The molecule has 504 valence electrons. The average Bonchev–Trinajstić information content (AvgIpc) is 1.20. The maximum absolute atomic E-state index is 12.9. The van der Waals surface area contributed by atoms with E-state index in [1.54, 1.807) is 12.1 Å². The number of carbonyl (C=O) groups is 7. The van der Waals surface area contributed by atoms with Crippen LogP contribution < -0.4 is 4.74 Å². The average molecular weight is 1320 g/mol. The Kier molecular flexibility index (Phi) is 23.0. The summed E-state index contributed by atoms with van der Waals surface area (Å²) in [6, 6.07) is 12.1. The van der Waals surface area contributed by atoms with Gasteiger partial charge in [-0.15, -0.1) is 0 Å². The van der Waals surface area contributed by atoms with Crippen molar-refractivity contribution in [2.45, 2.75) is 129 Å². The normalized spacial score (nSPS) is 17.6. The van der Waals surface area contributed by atoms with Crippen molar-refractivity contribution in [1.29, 1.82) is 0 Å². The van der Waals surface area contributed by atoms with Crippen molar-refractivity contribution < 1.29 is 125 Å². The van der Waals surface area contributed by atoms with Gasteiger partial charge in [-0.25, -0.2) is 0 Å². The van der Waals surface area contributed by atoms with E-state index in [0.29, 0.717) is 41.5 Å². The van der Waals surface area contributed by atoms with Crippen LogP contribution in [0.3, 0.4) is 0 Å². The molecule has 4 unspecified atom stereocenters. The molecular formula is C70H74O25. The van der Waals surface area contributed by atoms with Gasteiger partial charge in [0.15, 0.2) is 28.9 Å². The molecular weight excluding hydrogens is 1240 g/mol. The van der Waals surface area contributed by atoms with Crippen molar-refractivity contribution in [2.24, 2.45) is 0 Å². The topological polar surface area (TPSA) is 462 Å². The molecule has 16 N–H and O–H groups in total. The SMILES string of the molecule is CC(=O)CCC(CO)c1c(O)cc2c(c1O)C(=O)c1c(O)cc(O)cc1C2=O.CC1(O)CCC(c2c(O)cc3c(c2O)C(=O)c2c(O)cc(O)cc2C3=O)CO1.CC1Cc2c(ccc(O)c2CO)O1.CCCC1=C(CO)C(=O)C=CC1=O.CCCc1c(O)ccc(O)c1CO. The van der Waals surface area contributed by atoms with Gasteiger partial charge >= 0.3 is 0 Å². The van der Waals surface area contributed by atoms with Gasteiger partial charge in [0.05, 0.1) is 55.3 Å². The van der Waals surface area contributed by atoms with Crippen LogP contribution in [-0.2, 0) is 45.2 Å². The third kappa shape index (κ3) is 15.3. The van der Waals surface area contributed by atoms with Crippen LogP contribution in [0.25, 0.3) is 0 Å². The number of aromatic hydroxyl groups is 11. The van der Waals surface area contributed by atoms with Gasteiger partial charge in [-0.2, -0.15) is 0 Å². The zero-order valence-electron chi connectivity index (χ0n) is 52.4. The molecule has 6 aromatic carbocycles. The highest BCUT2D eigenvalue weighted by atomic mass is 16.6. The molecule has 25 nitrogen and oxygen atoms in total. The summed E-state index contributed by atoms with van der Waals surface area (Å²) in [5.41, 5.74) is 0.871. The van der Waals surface area contributed by atoms with Crippen LogP contribution in [0.15, 0.2) is 84.0 Å². The summed E-state index contributed by atoms with van der Waals surface area (Å²) in [4.78, 5) is 85.1. The molecule has 11 rings (SSSR count). The van der Waals surface area contributed by atoms with Crippen molar-refractivity contribution in [3.63, 3.8) is 0 Å². The van der Waals surface area contributed by atoms with E-state index >= 15 is 0 Å². The predicted molar refractivity (Wildman–Crippen MR) is 337 cm³/mol. The molecule has 25 heteroatoms. The molecule has 0 bridgehead atoms. The number of rotatable bonds is 13. The number of phenolic OH excluding ortho intramolecular Hbond substituents is 9. The van der Waals surface area contributed by atoms with Gasteiger partial charge < -0.3 is 96.0 Å². The standard InChI is InChI=1S/2C20H18O8.C10H12O3.C10H14O3.C10H12O3/c1-20(27)3-2-8(7-28-20)14-13(23)6-11-16(18(14)25)19(26)15-10(17(11)24)4-9(21)5-12(15)22;1-8(22)2-3-9(7-21)15-14(25)6-12-17(19(15)27)20(28)16-11(18(12)26)4-10(23)5-13(16)24;1-6-4-7-8(5-11)9(12)2-3-10(7)13-6;2*1-2-3-7-8(6-11)10(13)5-4-9(7)12/h4-6,8,21-23,25,27H,2-3,7H2,1H3;4-6,9,21,23-25,27H,2-3,7H2,1H3;2-3,6,11-12H,4-5H2,1H3;4-5,11-13H,2-3,6H2,1H3;4-5,11H,2-3,6H2,1H3. The summed E-state index contributed by atoms with van der Waals surface area (Å²) < 4.78 is 10.8. The zero-order chi connectivity index (χ0) is 70.2. The number of fused-ring (bicyclic) bond motifs is 5. The molecule has 2 aliphatic heterocycles. The second-order valence-corrected chi connectivity index (χ2v) is 23.3. The van der Waals surface area contributed by atoms with Crippen LogP contribution in [0.5, 0.6) is 69.0 Å². The highest BCUT2D eigenvalue weighted by Crippen LogP contribution is 2.49. The fraction of sp³-hybridized carbons (Fsp3) is 0.329. The fourth-order valence-electron chi connectivity index (χ4n) is 11.8. The van der Waals surface area contributed by atoms with Gasteiger partial charge in [0.2, 0.25) is 11.6 Å². The third-order valence-electron chi connectivity index (χ3n) is 16.5. The first-order valence-corrected chi connectivity index (χ1v) is 30.2. The van der Waals surface area contributed by atoms with Crippen LogP contribution in [0.1, 0.15) is 188 Å². The molecule has 5 aliphatic rings. The first-order valence-electron chi connectivity index (χ1n) is 30.2. The lowest BCUT2D eigenvalue weighted by Gasteiger charge is -2.34. The lowest BCUT2D eigenvalue weighted by atomic mass is 9.79. The molecule has 95 heavy (non-hydrogen) atoms. The molecule has 0 spiro atoms. The lowest BCUT2D eigenvalue weighted by Crippen LogP contribution is -2.35. The van der Waals surface area contributed by atoms with Crippen molar-refractivity contribution in [3.05, 3.63) is 162 Å². The summed E-state index contributed by atoms with van der Waals surface area (Å²) in [6.45, 7) is 7.52. The maximum Gasteiger partial charge on any atom is 0.201 e. The number of allylic oxidation sites excluding steroid dienone is 3. The number of aliphatic hydroxyl groups excluding tert-OH is 4. The van der Waals surface area contributed by atoms with Crippen LogP contribution in [-0.4, -0.2) is 154 Å². The van der Waals surface area contributed by atoms with Gasteiger partial charge in [-0.05, 0) is 107 Å². The molecule has 3 aliphatic carbocycles. The largest absolute Gasteiger partial charge is 0.508 e. The lowest BCUT2D eigenvalue weighted by molar-refractivity contribution is -0.216. The van der Waals surface area contributed by atoms with E-state index in [1.807, 2.05) is 20.8 Å². The molecule has 0 aromatic heterocycles. The Labute approximate surface area is 543 Å². The number of phenols is 11. The molecule has 4 atom stereocenters. The minimum atomic E-state index is -1.31. The predicted octanol–water partition coefficient (Wildman–Crippen LogP) is 7.15. The number of hydrogen-bond acceptors (Lipinski definition) is 25. The molecule has 2 heterocycles. The smallest absolute Gasteiger partial charge is 0.201 e. The number of hydrogen-bond donors (Lipinski definition) is 16. The van der Waals surface area contributed by atoms with Crippen LogP contribution in [0, 0.1) is 0 Å². The molecule has 0 saturated carbocycles. The quantitative estimate of drug-likeness (QED) is 0.0402. The van der Waals surface area contributed by atoms with Crippen molar-refractivity contribution in [1.82, 2.24) is 0 Å². The Bertz CT molecular complexity index is 4090. The number of carbonyl (C=O) groups excluding carboxylic acids is 7. The summed E-state index contributed by atoms with van der Waals surface area (Å²) in [7, 11) is 0. The molecule has 0 radical (unpaired) electrons. The maximum atomic E-state index is 12.9. The number of Topliss-reactive ketones (excluding diaryl/α,β-unsaturated/α-hetero) is 1. The number of ether oxygens (including phenoxy) is 2. The van der Waals surface area contributed by atoms with Crippen molar-refractivity contribution in [3.8, 4) is 69.0 Å². The van der Waals surface area contributed by atoms with Crippen LogP contribution in [0.2, 0.25) is 0 Å². The Morgan fingerprint density at radius 3 is 1.56 bits per heavy atom. The second-order valence-electron chi connectivity index (χ2n) is 23.3. The third-order valence-corrected chi connectivity index (χ3v) is 16.5. The number of ketones is 7. The monoisotopic (exact) mass is 1310 g/mol. The minimum absolute atomic E-state index is 0.00472. The molecule has 6 aromatic rings. The van der Waals surface area contributed by atoms with E-state index in [1.165, 1.54) is 38.1 Å². The molecule has 0 amide bonds. The van der Waals surface area contributed by atoms with Gasteiger partial charge in [0, 0.05) is 110 Å². The van der Waals surface area contributed by atoms with Crippen LogP contribution in [0.4, 0.5) is 0 Å². The van der Waals surface area contributed by atoms with E-state index in [9.17, 15) is 99.9 Å². The molecule has 1 fully saturated rings. The summed E-state index contributed by atoms with van der Waals surface area (Å²) in [6.07, 6.45) is 7.10. The second kappa shape index (κ2) is 30.3. The van der Waals surface area contributed by atoms with E-state index in [4.69, 9.17) is 24.8 Å². The van der Waals surface area contributed by atoms with E-state index in [2.05, 4.69) is 0 Å². The Morgan fingerprint density at radius 2 is 1.06 bits per heavy atom. The summed E-state index contributed by atoms with van der Waals surface area (Å²) in [5, 5.41) is 156. The van der Waals surface area contributed by atoms with Crippen molar-refractivity contribution >= 4 is 40.5 Å². The first kappa shape index (κ1) is 72.3. The zero-order valence-corrected chi connectivity index (χ0v) is 52.4. The fourth-order valence-corrected chi connectivity index (χ4v) is 11.8. The van der Waals surface area contributed by atoms with Gasteiger partial charge in [-0.3, -0.25) is 28.8 Å². The van der Waals surface area contributed by atoms with E-state index in [-0.39, 0.29) is 148 Å². The number of benzene rings is 6. The summed E-state index contributed by atoms with van der Waals surface area (Å²) >= 11 is 0.